The lowest BCUT2D eigenvalue weighted by Gasteiger charge is -2.20. The summed E-state index contributed by atoms with van der Waals surface area (Å²) < 4.78 is 4.41. The maximum atomic E-state index is 11.6. The zero-order chi connectivity index (χ0) is 13.0. The monoisotopic (exact) mass is 244 g/mol. The molecule has 0 radical (unpaired) electrons. The Labute approximate surface area is 98.7 Å². The van der Waals surface area contributed by atoms with Crippen molar-refractivity contribution in [2.24, 2.45) is 5.92 Å². The zero-order valence-corrected chi connectivity index (χ0v) is 9.80. The van der Waals surface area contributed by atoms with E-state index < -0.39 is 24.0 Å². The number of likely N-dealkylation sites (N-methyl/N-ethyl adjacent to an activating group) is 1. The van der Waals surface area contributed by atoms with Crippen molar-refractivity contribution in [1.82, 2.24) is 10.2 Å². The van der Waals surface area contributed by atoms with Crippen LogP contribution in [0.5, 0.6) is 0 Å². The maximum absolute atomic E-state index is 11.6. The first-order valence-corrected chi connectivity index (χ1v) is 5.27. The number of carboxylic acids is 1. The molecule has 1 atom stereocenters. The van der Waals surface area contributed by atoms with Crippen molar-refractivity contribution >= 4 is 18.0 Å². The summed E-state index contributed by atoms with van der Waals surface area (Å²) in [5.74, 6) is -1.60. The molecule has 1 saturated carbocycles. The average Bonchev–Trinajstić information content (AvgIpc) is 3.08. The smallest absolute Gasteiger partial charge is 0.326 e. The third-order valence-electron chi connectivity index (χ3n) is 2.58. The Kier molecular flexibility index (Phi) is 4.30. The number of carbonyl (C=O) groups is 3. The van der Waals surface area contributed by atoms with Gasteiger partial charge in [0, 0.05) is 7.05 Å². The van der Waals surface area contributed by atoms with E-state index in [0.717, 1.165) is 17.7 Å². The van der Waals surface area contributed by atoms with Gasteiger partial charge in [-0.3, -0.25) is 4.79 Å². The SMILES string of the molecule is COC(=O)CN(C)C(=O)NC(C(=O)O)C1CC1. The van der Waals surface area contributed by atoms with Crippen LogP contribution >= 0.6 is 0 Å². The molecule has 1 fully saturated rings. The summed E-state index contributed by atoms with van der Waals surface area (Å²) in [6, 6.07) is -1.46. The number of urea groups is 1. The quantitative estimate of drug-likeness (QED) is 0.645. The highest BCUT2D eigenvalue weighted by atomic mass is 16.5. The van der Waals surface area contributed by atoms with Crippen molar-refractivity contribution in [3.05, 3.63) is 0 Å². The Bertz CT molecular complexity index is 327. The third-order valence-corrected chi connectivity index (χ3v) is 2.58. The summed E-state index contributed by atoms with van der Waals surface area (Å²) in [7, 11) is 2.62. The van der Waals surface area contributed by atoms with E-state index in [1.165, 1.54) is 14.2 Å². The molecule has 0 bridgehead atoms. The molecular weight excluding hydrogens is 228 g/mol. The Morgan fingerprint density at radius 1 is 1.47 bits per heavy atom. The second-order valence-electron chi connectivity index (χ2n) is 4.04. The number of rotatable bonds is 5. The van der Waals surface area contributed by atoms with E-state index in [-0.39, 0.29) is 12.5 Å². The zero-order valence-electron chi connectivity index (χ0n) is 9.80. The van der Waals surface area contributed by atoms with E-state index in [4.69, 9.17) is 5.11 Å². The Morgan fingerprint density at radius 2 is 2.06 bits per heavy atom. The van der Waals surface area contributed by atoms with Crippen molar-refractivity contribution < 1.29 is 24.2 Å². The first-order valence-electron chi connectivity index (χ1n) is 5.27. The fraction of sp³-hybridized carbons (Fsp3) is 0.700. The van der Waals surface area contributed by atoms with Crippen molar-refractivity contribution in [3.8, 4) is 0 Å². The second kappa shape index (κ2) is 5.51. The minimum atomic E-state index is -1.05. The van der Waals surface area contributed by atoms with Gasteiger partial charge in [-0.25, -0.2) is 9.59 Å². The molecule has 0 aromatic heterocycles. The summed E-state index contributed by atoms with van der Waals surface area (Å²) >= 11 is 0. The van der Waals surface area contributed by atoms with Gasteiger partial charge in [0.15, 0.2) is 0 Å². The van der Waals surface area contributed by atoms with Gasteiger partial charge < -0.3 is 20.1 Å². The fourth-order valence-electron chi connectivity index (χ4n) is 1.38. The molecular formula is C10H16N2O5. The molecule has 96 valence electrons. The predicted molar refractivity (Wildman–Crippen MR) is 57.3 cm³/mol. The van der Waals surface area contributed by atoms with Crippen LogP contribution < -0.4 is 5.32 Å². The average molecular weight is 244 g/mol. The van der Waals surface area contributed by atoms with E-state index in [1.807, 2.05) is 0 Å². The number of ether oxygens (including phenoxy) is 1. The maximum Gasteiger partial charge on any atom is 0.326 e. The van der Waals surface area contributed by atoms with Crippen molar-refractivity contribution in [2.45, 2.75) is 18.9 Å². The molecule has 0 aromatic carbocycles. The summed E-state index contributed by atoms with van der Waals surface area (Å²) in [4.78, 5) is 34.5. The minimum Gasteiger partial charge on any atom is -0.480 e. The molecule has 1 aliphatic carbocycles. The number of carbonyl (C=O) groups excluding carboxylic acids is 2. The van der Waals surface area contributed by atoms with E-state index in [1.54, 1.807) is 0 Å². The number of methoxy groups -OCH3 is 1. The number of nitrogens with zero attached hydrogens (tertiary/aromatic N) is 1. The lowest BCUT2D eigenvalue weighted by molar-refractivity contribution is -0.141. The molecule has 2 amide bonds. The first-order chi connectivity index (χ1) is 7.95. The number of carboxylic acid groups (broad SMARTS) is 1. The van der Waals surface area contributed by atoms with Crippen LogP contribution in [-0.4, -0.2) is 54.7 Å². The molecule has 1 rings (SSSR count). The van der Waals surface area contributed by atoms with Crippen molar-refractivity contribution in [3.63, 3.8) is 0 Å². The minimum absolute atomic E-state index is 0.00276. The number of aliphatic carboxylic acids is 1. The fourth-order valence-corrected chi connectivity index (χ4v) is 1.38. The van der Waals surface area contributed by atoms with Crippen LogP contribution in [-0.2, 0) is 14.3 Å². The van der Waals surface area contributed by atoms with Crippen LogP contribution in [0.2, 0.25) is 0 Å². The van der Waals surface area contributed by atoms with Crippen molar-refractivity contribution in [1.29, 1.82) is 0 Å². The predicted octanol–water partition coefficient (Wildman–Crippen LogP) is -0.336. The molecule has 17 heavy (non-hydrogen) atoms. The number of esters is 1. The van der Waals surface area contributed by atoms with Crippen LogP contribution in [0.1, 0.15) is 12.8 Å². The Balaban J connectivity index is 2.46. The van der Waals surface area contributed by atoms with Gasteiger partial charge in [-0.15, -0.1) is 0 Å². The first kappa shape index (κ1) is 13.3. The van der Waals surface area contributed by atoms with Gasteiger partial charge in [0.1, 0.15) is 12.6 Å². The lowest BCUT2D eigenvalue weighted by Crippen LogP contribution is -2.48. The van der Waals surface area contributed by atoms with Gasteiger partial charge in [-0.2, -0.15) is 0 Å². The Hall–Kier alpha value is -1.79. The normalized spacial score (nSPS) is 15.9. The summed E-state index contributed by atoms with van der Waals surface area (Å²) in [5.41, 5.74) is 0. The van der Waals surface area contributed by atoms with Gasteiger partial charge in [-0.1, -0.05) is 0 Å². The number of nitrogens with one attached hydrogen (secondary N) is 1. The topological polar surface area (TPSA) is 95.9 Å². The van der Waals surface area contributed by atoms with Gasteiger partial charge >= 0.3 is 18.0 Å². The molecule has 2 N–H and O–H groups in total. The van der Waals surface area contributed by atoms with Gasteiger partial charge in [0.05, 0.1) is 7.11 Å². The summed E-state index contributed by atoms with van der Waals surface area (Å²) in [6.45, 7) is -0.209. The third kappa shape index (κ3) is 3.93. The number of hydrogen-bond acceptors (Lipinski definition) is 4. The van der Waals surface area contributed by atoms with E-state index in [9.17, 15) is 14.4 Å². The van der Waals surface area contributed by atoms with Crippen molar-refractivity contribution in [2.75, 3.05) is 20.7 Å². The summed E-state index contributed by atoms with van der Waals surface area (Å²) in [5, 5.41) is 11.3. The van der Waals surface area contributed by atoms with E-state index in [0.29, 0.717) is 0 Å². The van der Waals surface area contributed by atoms with Crippen LogP contribution in [0, 0.1) is 5.92 Å². The van der Waals surface area contributed by atoms with Crippen LogP contribution in [0.3, 0.4) is 0 Å². The Morgan fingerprint density at radius 3 is 2.47 bits per heavy atom. The van der Waals surface area contributed by atoms with Gasteiger partial charge in [0.2, 0.25) is 0 Å². The molecule has 7 nitrogen and oxygen atoms in total. The highest BCUT2D eigenvalue weighted by molar-refractivity contribution is 5.85. The van der Waals surface area contributed by atoms with Gasteiger partial charge in [-0.05, 0) is 18.8 Å². The molecule has 0 aromatic rings. The number of amides is 2. The lowest BCUT2D eigenvalue weighted by atomic mass is 10.2. The standard InChI is InChI=1S/C10H16N2O5/c1-12(5-7(13)17-2)10(16)11-8(9(14)15)6-3-4-6/h6,8H,3-5H2,1-2H3,(H,11,16)(H,14,15). The van der Waals surface area contributed by atoms with Crippen LogP contribution in [0.25, 0.3) is 0 Å². The second-order valence-corrected chi connectivity index (χ2v) is 4.04. The molecule has 1 aliphatic rings. The molecule has 0 saturated heterocycles. The number of hydrogen-bond donors (Lipinski definition) is 2. The molecule has 7 heteroatoms. The van der Waals surface area contributed by atoms with E-state index in [2.05, 4.69) is 10.1 Å². The van der Waals surface area contributed by atoms with Crippen LogP contribution in [0.15, 0.2) is 0 Å². The largest absolute Gasteiger partial charge is 0.480 e. The summed E-state index contributed by atoms with van der Waals surface area (Å²) in [6.07, 6.45) is 1.61. The molecule has 0 spiro atoms. The van der Waals surface area contributed by atoms with E-state index >= 15 is 0 Å². The molecule has 0 aliphatic heterocycles. The molecule has 0 heterocycles. The molecule has 1 unspecified atom stereocenters. The highest BCUT2D eigenvalue weighted by Crippen LogP contribution is 2.32. The van der Waals surface area contributed by atoms with Crippen LogP contribution in [0.4, 0.5) is 4.79 Å². The van der Waals surface area contributed by atoms with Gasteiger partial charge in [0.25, 0.3) is 0 Å². The highest BCUT2D eigenvalue weighted by Gasteiger charge is 2.37.